The first kappa shape index (κ1) is 94.0. The zero-order chi connectivity index (χ0) is 81.5. The average molecular weight is 1910 g/mol. The zero-order valence-electron chi connectivity index (χ0n) is 63.6. The minimum Gasteiger partial charge on any atom is -0.480 e. The van der Waals surface area contributed by atoms with Crippen LogP contribution in [0.15, 0.2) is 434 Å². The topological polar surface area (TPSA) is 119 Å². The molecule has 0 amide bonds. The second-order valence-corrected chi connectivity index (χ2v) is 36.5. The van der Waals surface area contributed by atoms with E-state index < -0.39 is 38.8 Å². The number of hydrogen-bond donors (Lipinski definition) is 2. The largest absolute Gasteiger partial charge is 0.489 e. The standard InChI is InChI=1S/4C18H15P.C13H9BrClNO2.C7H6ClNO2.C6H5BBrClO2.CH4.Pd/c4*1-4-10-16(11-5-1)19(17-12-6-2-7-13-17)18-14-8-3-9-15-18;1-18-13-8(7-17)5-6-11(16-13)9-3-2-4-10(14)12(9)15;1-11-7-5(4-10)2-3-6(8)9-7;8-5-3-1-2-4(6(5)9)7(10)11;;/h4*1-15H;2-7H,1H3;2-4H,1H3;1-3,10-11H;1H4;. The molecule has 594 valence electrons. The summed E-state index contributed by atoms with van der Waals surface area (Å²) in [7, 11) is -0.388. The molecule has 2 aromatic heterocycles. The van der Waals surface area contributed by atoms with Crippen LogP contribution in [0.3, 0.4) is 0 Å². The molecule has 8 nitrogen and oxygen atoms in total. The number of aldehydes is 2. The van der Waals surface area contributed by atoms with Gasteiger partial charge in [0, 0.05) is 40.4 Å². The van der Waals surface area contributed by atoms with Gasteiger partial charge < -0.3 is 19.5 Å². The van der Waals surface area contributed by atoms with Crippen molar-refractivity contribution in [2.75, 3.05) is 14.2 Å². The number of hydrogen-bond acceptors (Lipinski definition) is 8. The molecule has 0 fully saturated rings. The van der Waals surface area contributed by atoms with Crippen molar-refractivity contribution in [3.8, 4) is 23.0 Å². The molecular formula is C99H84BBr2Cl3N2O6P4Pd. The summed E-state index contributed by atoms with van der Waals surface area (Å²) in [4.78, 5) is 29.2. The molecule has 0 radical (unpaired) electrons. The van der Waals surface area contributed by atoms with Crippen LogP contribution in [0.4, 0.5) is 0 Å². The van der Waals surface area contributed by atoms with Crippen LogP contribution >= 0.6 is 98.3 Å². The van der Waals surface area contributed by atoms with E-state index in [2.05, 4.69) is 406 Å². The van der Waals surface area contributed by atoms with Gasteiger partial charge in [-0.3, -0.25) is 9.59 Å². The van der Waals surface area contributed by atoms with Crippen LogP contribution in [-0.2, 0) is 20.4 Å². The maximum absolute atomic E-state index is 10.8. The van der Waals surface area contributed by atoms with Crippen molar-refractivity contribution in [3.05, 3.63) is 460 Å². The number of pyridine rings is 2. The number of ether oxygens (including phenoxy) is 2. The summed E-state index contributed by atoms with van der Waals surface area (Å²) in [6.07, 6.45) is 1.38. The molecule has 2 N–H and O–H groups in total. The maximum atomic E-state index is 10.8. The molecule has 0 aliphatic carbocycles. The molecule has 0 saturated carbocycles. The van der Waals surface area contributed by atoms with Crippen molar-refractivity contribution in [1.82, 2.24) is 9.97 Å². The summed E-state index contributed by atoms with van der Waals surface area (Å²) >= 11 is 24.0. The van der Waals surface area contributed by atoms with Crippen LogP contribution in [-0.4, -0.2) is 53.9 Å². The molecular weight excluding hydrogens is 1820 g/mol. The fourth-order valence-electron chi connectivity index (χ4n) is 11.7. The van der Waals surface area contributed by atoms with E-state index in [1.807, 2.05) is 18.2 Å². The molecule has 0 spiro atoms. The van der Waals surface area contributed by atoms with E-state index in [9.17, 15) is 9.59 Å². The number of nitrogens with zero attached hydrogens (tertiary/aromatic N) is 2. The zero-order valence-corrected chi connectivity index (χ0v) is 74.1. The molecule has 16 rings (SSSR count). The smallest absolute Gasteiger partial charge is 0.480 e. The Morgan fingerprint density at radius 2 is 0.517 bits per heavy atom. The average Bonchev–Trinajstić information content (AvgIpc) is 0.803. The van der Waals surface area contributed by atoms with Crippen LogP contribution in [0.25, 0.3) is 11.3 Å². The Balaban J connectivity index is 0.000000173. The first-order valence-electron chi connectivity index (χ1n) is 36.6. The third kappa shape index (κ3) is 28.4. The minimum absolute atomic E-state index is 0. The molecule has 0 unspecified atom stereocenters. The fraction of sp³-hybridized carbons (Fsp3) is 0.0303. The third-order valence-corrected chi connectivity index (χ3v) is 29.6. The van der Waals surface area contributed by atoms with Gasteiger partial charge in [-0.25, -0.2) is 9.97 Å². The normalized spacial score (nSPS) is 10.1. The van der Waals surface area contributed by atoms with Crippen LogP contribution in [0, 0.1) is 0 Å². The monoisotopic (exact) mass is 1900 g/mol. The summed E-state index contributed by atoms with van der Waals surface area (Å²) in [6, 6.07) is 146. The van der Waals surface area contributed by atoms with Gasteiger partial charge in [0.25, 0.3) is 0 Å². The van der Waals surface area contributed by atoms with E-state index in [1.165, 1.54) is 83.9 Å². The number of aromatic nitrogens is 2. The summed E-state index contributed by atoms with van der Waals surface area (Å²) < 4.78 is 11.3. The molecule has 0 aliphatic heterocycles. The van der Waals surface area contributed by atoms with E-state index >= 15 is 0 Å². The van der Waals surface area contributed by atoms with Gasteiger partial charge in [-0.2, -0.15) is 0 Å². The first-order valence-corrected chi connectivity index (χ1v) is 44.7. The Morgan fingerprint density at radius 1 is 0.297 bits per heavy atom. The number of methoxy groups -OCH3 is 2. The fourth-order valence-corrected chi connectivity index (χ4v) is 22.2. The van der Waals surface area contributed by atoms with Crippen molar-refractivity contribution in [2.24, 2.45) is 0 Å². The molecule has 14 aromatic carbocycles. The maximum Gasteiger partial charge on any atom is 0.489 e. The Bertz CT molecular complexity index is 4710. The van der Waals surface area contributed by atoms with Crippen molar-refractivity contribution in [3.63, 3.8) is 0 Å². The predicted molar refractivity (Wildman–Crippen MR) is 512 cm³/mol. The van der Waals surface area contributed by atoms with Crippen LogP contribution in [0.5, 0.6) is 11.8 Å². The van der Waals surface area contributed by atoms with Gasteiger partial charge in [-0.1, -0.05) is 430 Å². The van der Waals surface area contributed by atoms with Crippen LogP contribution in [0.2, 0.25) is 15.2 Å². The molecule has 118 heavy (non-hydrogen) atoms. The molecule has 0 atom stereocenters. The summed E-state index contributed by atoms with van der Waals surface area (Å²) in [5.41, 5.74) is 2.55. The molecule has 0 bridgehead atoms. The Labute approximate surface area is 744 Å². The van der Waals surface area contributed by atoms with E-state index in [-0.39, 0.29) is 33.7 Å². The quantitative estimate of drug-likeness (QED) is 0.0377. The second-order valence-electron chi connectivity index (χ2n) is 24.7. The van der Waals surface area contributed by atoms with E-state index in [0.717, 1.165) is 10.0 Å². The van der Waals surface area contributed by atoms with Gasteiger partial charge in [-0.05, 0) is 164 Å². The Kier molecular flexibility index (Phi) is 41.2. The van der Waals surface area contributed by atoms with Gasteiger partial charge in [0.05, 0.1) is 41.1 Å². The van der Waals surface area contributed by atoms with Gasteiger partial charge in [-0.15, -0.1) is 0 Å². The number of carbonyl (C=O) groups excluding carboxylic acids is 2. The molecule has 0 saturated heterocycles. The van der Waals surface area contributed by atoms with Gasteiger partial charge in [0.15, 0.2) is 12.6 Å². The Hall–Kier alpha value is -9.48. The van der Waals surface area contributed by atoms with Crippen LogP contribution < -0.4 is 78.6 Å². The van der Waals surface area contributed by atoms with Crippen molar-refractivity contribution < 1.29 is 49.5 Å². The number of rotatable bonds is 18. The van der Waals surface area contributed by atoms with Gasteiger partial charge >= 0.3 is 7.12 Å². The minimum atomic E-state index is -1.51. The summed E-state index contributed by atoms with van der Waals surface area (Å²) in [6.45, 7) is 0. The molecule has 2 heterocycles. The van der Waals surface area contributed by atoms with E-state index in [4.69, 9.17) is 54.3 Å². The number of benzene rings is 14. The van der Waals surface area contributed by atoms with Crippen LogP contribution in [0.1, 0.15) is 28.1 Å². The van der Waals surface area contributed by atoms with E-state index in [1.54, 1.807) is 36.4 Å². The first-order chi connectivity index (χ1) is 56.9. The number of halogens is 5. The Morgan fingerprint density at radius 3 is 0.737 bits per heavy atom. The predicted octanol–water partition coefficient (Wildman–Crippen LogP) is 20.7. The molecule has 19 heteroatoms. The van der Waals surface area contributed by atoms with Crippen molar-refractivity contribution in [2.45, 2.75) is 7.43 Å². The summed E-state index contributed by atoms with van der Waals surface area (Å²) in [5.74, 6) is 0.547. The number of carbonyl (C=O) groups is 2. The van der Waals surface area contributed by atoms with Crippen molar-refractivity contribution >= 4 is 187 Å². The molecule has 0 aliphatic rings. The second kappa shape index (κ2) is 51.8. The van der Waals surface area contributed by atoms with Gasteiger partial charge in [0.1, 0.15) is 5.15 Å². The molecule has 16 aromatic rings. The van der Waals surface area contributed by atoms with Crippen molar-refractivity contribution in [1.29, 1.82) is 0 Å². The third-order valence-electron chi connectivity index (χ3n) is 17.0. The van der Waals surface area contributed by atoms with E-state index in [0.29, 0.717) is 60.4 Å². The summed E-state index contributed by atoms with van der Waals surface area (Å²) in [5, 5.41) is 35.6. The SMILES string of the molecule is C.COc1nc(-c2cccc(Br)c2Cl)ccc1C=O.COc1nc(Cl)ccc1C=O.OB(O)c1cccc(Br)c1Cl.[Pd].c1ccc(P(c2ccccc2)c2ccccc2)cc1.c1ccc(P(c2ccccc2)c2ccccc2)cc1.c1ccc(P(c2ccccc2)c2ccccc2)cc1.c1ccc(P(c2ccccc2)c2ccccc2)cc1. The van der Waals surface area contributed by atoms with Gasteiger partial charge in [0.2, 0.25) is 11.8 Å².